The molecule has 1 saturated carbocycles. The molecular weight excluding hydrogens is 546 g/mol. The van der Waals surface area contributed by atoms with Gasteiger partial charge in [-0.15, -0.1) is 5.11 Å². The number of nitrogens with one attached hydrogen (secondary N) is 1. The summed E-state index contributed by atoms with van der Waals surface area (Å²) in [4.78, 5) is 26.2. The summed E-state index contributed by atoms with van der Waals surface area (Å²) in [6, 6.07) is 11.8. The summed E-state index contributed by atoms with van der Waals surface area (Å²) < 4.78 is 67.6. The third-order valence-corrected chi connectivity index (χ3v) is 8.48. The molecule has 0 aromatic heterocycles. The van der Waals surface area contributed by atoms with Gasteiger partial charge in [-0.05, 0) is 37.1 Å². The molecule has 39 heavy (non-hydrogen) atoms. The van der Waals surface area contributed by atoms with Crippen LogP contribution in [0.15, 0.2) is 74.6 Å². The van der Waals surface area contributed by atoms with Gasteiger partial charge in [-0.25, -0.2) is 0 Å². The number of carbonyl (C=O) groups excluding carboxylic acids is 2. The van der Waals surface area contributed by atoms with Crippen LogP contribution in [0.3, 0.4) is 0 Å². The Labute approximate surface area is 224 Å². The van der Waals surface area contributed by atoms with Crippen LogP contribution >= 0.6 is 0 Å². The molecule has 3 aromatic carbocycles. The van der Waals surface area contributed by atoms with Crippen LogP contribution in [0.4, 0.5) is 17.1 Å². The van der Waals surface area contributed by atoms with Crippen molar-refractivity contribution in [3.8, 4) is 0 Å². The van der Waals surface area contributed by atoms with Gasteiger partial charge in [-0.3, -0.25) is 18.7 Å². The molecule has 3 N–H and O–H groups in total. The van der Waals surface area contributed by atoms with E-state index in [4.69, 9.17) is 0 Å². The molecule has 0 spiro atoms. The summed E-state index contributed by atoms with van der Waals surface area (Å²) in [6.45, 7) is 0. The molecule has 2 aliphatic carbocycles. The molecule has 2 aliphatic rings. The van der Waals surface area contributed by atoms with Gasteiger partial charge in [-0.2, -0.15) is 21.9 Å². The zero-order chi connectivity index (χ0) is 27.9. The predicted octanol–water partition coefficient (Wildman–Crippen LogP) is 5.12. The fraction of sp³-hybridized carbons (Fsp3) is 0.231. The third kappa shape index (κ3) is 5.26. The van der Waals surface area contributed by atoms with Gasteiger partial charge in [0.25, 0.3) is 20.2 Å². The van der Waals surface area contributed by atoms with Crippen LogP contribution in [-0.2, 0) is 20.2 Å². The van der Waals surface area contributed by atoms with Crippen LogP contribution in [0.2, 0.25) is 0 Å². The first kappa shape index (κ1) is 26.8. The number of rotatable bonds is 6. The van der Waals surface area contributed by atoms with Crippen molar-refractivity contribution in [2.24, 2.45) is 10.2 Å². The van der Waals surface area contributed by atoms with E-state index in [0.717, 1.165) is 50.3 Å². The largest absolute Gasteiger partial charge is 0.382 e. The second-order valence-corrected chi connectivity index (χ2v) is 12.2. The Kier molecular flexibility index (Phi) is 6.93. The van der Waals surface area contributed by atoms with Gasteiger partial charge in [0.1, 0.15) is 10.6 Å². The number of fused-ring (bicyclic) bond motifs is 2. The average molecular weight is 570 g/mol. The molecule has 202 valence electrons. The maximum atomic E-state index is 13.7. The third-order valence-electron chi connectivity index (χ3n) is 6.76. The van der Waals surface area contributed by atoms with Crippen molar-refractivity contribution in [2.75, 3.05) is 5.32 Å². The fourth-order valence-corrected chi connectivity index (χ4v) is 6.12. The first-order valence-corrected chi connectivity index (χ1v) is 15.0. The molecule has 13 heteroatoms. The Morgan fingerprint density at radius 2 is 1.38 bits per heavy atom. The topological polar surface area (TPSA) is 180 Å². The van der Waals surface area contributed by atoms with E-state index in [0.29, 0.717) is 0 Å². The predicted molar refractivity (Wildman–Crippen MR) is 140 cm³/mol. The Morgan fingerprint density at radius 1 is 0.744 bits per heavy atom. The maximum Gasteiger partial charge on any atom is 0.296 e. The van der Waals surface area contributed by atoms with E-state index in [1.807, 2.05) is 0 Å². The molecule has 0 saturated heterocycles. The molecule has 3 aromatic rings. The average Bonchev–Trinajstić information content (AvgIpc) is 2.90. The lowest BCUT2D eigenvalue weighted by molar-refractivity contribution is 0.0980. The lowest BCUT2D eigenvalue weighted by atomic mass is 9.82. The number of carbonyl (C=O) groups is 2. The Bertz CT molecular complexity index is 1760. The second-order valence-electron chi connectivity index (χ2n) is 9.35. The number of hydrogen-bond donors (Lipinski definition) is 3. The highest BCUT2D eigenvalue weighted by Crippen LogP contribution is 2.43. The molecule has 5 rings (SSSR count). The quantitative estimate of drug-likeness (QED) is 0.210. The molecule has 11 nitrogen and oxygen atoms in total. The van der Waals surface area contributed by atoms with E-state index in [2.05, 4.69) is 15.5 Å². The molecule has 0 amide bonds. The minimum absolute atomic E-state index is 0.0379. The molecule has 0 aliphatic heterocycles. The normalized spacial score (nSPS) is 16.3. The van der Waals surface area contributed by atoms with E-state index in [-0.39, 0.29) is 39.7 Å². The van der Waals surface area contributed by atoms with Crippen molar-refractivity contribution in [1.29, 1.82) is 0 Å². The highest BCUT2D eigenvalue weighted by atomic mass is 32.2. The highest BCUT2D eigenvalue weighted by Gasteiger charge is 2.38. The molecule has 0 heterocycles. The van der Waals surface area contributed by atoms with E-state index < -0.39 is 47.3 Å². The minimum atomic E-state index is -4.98. The number of anilines is 1. The van der Waals surface area contributed by atoms with Gasteiger partial charge < -0.3 is 5.32 Å². The van der Waals surface area contributed by atoms with Crippen LogP contribution in [0.1, 0.15) is 63.9 Å². The zero-order valence-corrected chi connectivity index (χ0v) is 22.0. The first-order chi connectivity index (χ1) is 18.4. The van der Waals surface area contributed by atoms with Crippen LogP contribution < -0.4 is 5.32 Å². The van der Waals surface area contributed by atoms with Crippen LogP contribution in [-0.4, -0.2) is 43.5 Å². The molecular formula is C26H23N3O8S2. The van der Waals surface area contributed by atoms with Crippen LogP contribution in [0, 0.1) is 0 Å². The van der Waals surface area contributed by atoms with Crippen LogP contribution in [0.5, 0.6) is 0 Å². The monoisotopic (exact) mass is 569 g/mol. The number of ketones is 2. The van der Waals surface area contributed by atoms with E-state index in [1.54, 1.807) is 12.1 Å². The van der Waals surface area contributed by atoms with Gasteiger partial charge in [0.15, 0.2) is 11.6 Å². The molecule has 0 radical (unpaired) electrons. The number of hydrogen-bond acceptors (Lipinski definition) is 9. The Balaban J connectivity index is 1.75. The Hall–Kier alpha value is -3.78. The van der Waals surface area contributed by atoms with E-state index in [9.17, 15) is 35.5 Å². The molecule has 0 atom stereocenters. The highest BCUT2D eigenvalue weighted by molar-refractivity contribution is 7.86. The summed E-state index contributed by atoms with van der Waals surface area (Å²) in [5, 5.41) is 11.0. The number of nitrogens with zero attached hydrogens (tertiary/aromatic N) is 2. The lowest BCUT2D eigenvalue weighted by Crippen LogP contribution is -2.27. The van der Waals surface area contributed by atoms with Gasteiger partial charge in [0, 0.05) is 22.9 Å². The van der Waals surface area contributed by atoms with Crippen molar-refractivity contribution in [2.45, 2.75) is 47.9 Å². The summed E-state index contributed by atoms with van der Waals surface area (Å²) in [5.74, 6) is -1.21. The SMILES string of the molecule is O=C1c2ccccc2C(=O)c2c(/N=N/c3cccc(S(=O)(=O)O)c3)c(S(=O)(=O)O)cc(NC3CCCCC3)c21. The Morgan fingerprint density at radius 3 is 2.00 bits per heavy atom. The first-order valence-electron chi connectivity index (χ1n) is 12.1. The number of azo groups is 1. The van der Waals surface area contributed by atoms with Gasteiger partial charge >= 0.3 is 0 Å². The number of benzene rings is 3. The van der Waals surface area contributed by atoms with Gasteiger partial charge in [0.05, 0.1) is 21.7 Å². The summed E-state index contributed by atoms with van der Waals surface area (Å²) in [5.41, 5.74) is -0.823. The van der Waals surface area contributed by atoms with E-state index in [1.165, 1.54) is 24.3 Å². The van der Waals surface area contributed by atoms with E-state index >= 15 is 0 Å². The smallest absolute Gasteiger partial charge is 0.296 e. The van der Waals surface area contributed by atoms with Gasteiger partial charge in [0.2, 0.25) is 0 Å². The van der Waals surface area contributed by atoms with Crippen molar-refractivity contribution < 1.29 is 35.5 Å². The summed E-state index contributed by atoms with van der Waals surface area (Å²) in [7, 11) is -9.55. The summed E-state index contributed by atoms with van der Waals surface area (Å²) >= 11 is 0. The van der Waals surface area contributed by atoms with Crippen molar-refractivity contribution >= 4 is 48.9 Å². The fourth-order valence-electron chi connectivity index (χ4n) is 4.94. The minimum Gasteiger partial charge on any atom is -0.382 e. The van der Waals surface area contributed by atoms with Crippen molar-refractivity contribution in [3.05, 3.63) is 76.9 Å². The maximum absolute atomic E-state index is 13.7. The summed E-state index contributed by atoms with van der Waals surface area (Å²) in [6.07, 6.45) is 4.49. The second kappa shape index (κ2) is 10.1. The van der Waals surface area contributed by atoms with Crippen LogP contribution in [0.25, 0.3) is 0 Å². The molecule has 0 bridgehead atoms. The zero-order valence-electron chi connectivity index (χ0n) is 20.4. The molecule has 0 unspecified atom stereocenters. The van der Waals surface area contributed by atoms with Gasteiger partial charge in [-0.1, -0.05) is 49.6 Å². The standard InChI is InChI=1S/C26H23N3O8S2/c30-25-18-11-4-5-12-19(18)26(31)23-22(25)20(27-15-7-2-1-3-8-15)14-21(39(35,36)37)24(23)29-28-16-9-6-10-17(13-16)38(32,33)34/h4-6,9-15,27H,1-3,7-8H2,(H,32,33,34)(H,35,36,37)/b29-28+. The molecule has 1 fully saturated rings. The lowest BCUT2D eigenvalue weighted by Gasteiger charge is -2.28. The van der Waals surface area contributed by atoms with Crippen molar-refractivity contribution in [1.82, 2.24) is 0 Å². The van der Waals surface area contributed by atoms with Crippen molar-refractivity contribution in [3.63, 3.8) is 0 Å².